The molecule has 1 saturated heterocycles. The summed E-state index contributed by atoms with van der Waals surface area (Å²) in [6.07, 6.45) is 2.53. The summed E-state index contributed by atoms with van der Waals surface area (Å²) in [5, 5.41) is 0. The van der Waals surface area contributed by atoms with E-state index in [2.05, 4.69) is 9.97 Å². The van der Waals surface area contributed by atoms with Crippen LogP contribution in [0.1, 0.15) is 10.5 Å². The molecule has 2 amide bonds. The maximum atomic E-state index is 12.3. The molecule has 98 valence electrons. The Morgan fingerprint density at radius 1 is 1.32 bits per heavy atom. The smallest absolute Gasteiger partial charge is 0.270 e. The molecule has 19 heavy (non-hydrogen) atoms. The molecule has 1 aliphatic heterocycles. The topological polar surface area (TPSA) is 69.3 Å². The number of amides is 2. The van der Waals surface area contributed by atoms with Crippen molar-refractivity contribution in [1.82, 2.24) is 19.8 Å². The second-order valence-electron chi connectivity index (χ2n) is 4.55. The lowest BCUT2D eigenvalue weighted by atomic mass is 10.3. The molecule has 2 aromatic heterocycles. The number of nitrogens with one attached hydrogen (secondary N) is 1. The lowest BCUT2D eigenvalue weighted by molar-refractivity contribution is -0.119. The van der Waals surface area contributed by atoms with E-state index in [4.69, 9.17) is 0 Å². The lowest BCUT2D eigenvalue weighted by Crippen LogP contribution is -2.48. The van der Waals surface area contributed by atoms with Crippen LogP contribution in [0.15, 0.2) is 24.4 Å². The van der Waals surface area contributed by atoms with E-state index in [9.17, 15) is 9.59 Å². The highest BCUT2D eigenvalue weighted by Crippen LogP contribution is 2.14. The molecule has 2 aromatic rings. The number of hydrogen-bond donors (Lipinski definition) is 1. The van der Waals surface area contributed by atoms with E-state index in [-0.39, 0.29) is 5.91 Å². The second kappa shape index (κ2) is 4.72. The van der Waals surface area contributed by atoms with Gasteiger partial charge in [-0.1, -0.05) is 0 Å². The summed E-state index contributed by atoms with van der Waals surface area (Å²) in [5.41, 5.74) is 2.20. The van der Waals surface area contributed by atoms with Crippen LogP contribution in [0.2, 0.25) is 0 Å². The Morgan fingerprint density at radius 2 is 2.11 bits per heavy atom. The second-order valence-corrected chi connectivity index (χ2v) is 4.55. The van der Waals surface area contributed by atoms with E-state index in [1.165, 1.54) is 0 Å². The lowest BCUT2D eigenvalue weighted by Gasteiger charge is -2.32. The largest absolute Gasteiger partial charge is 0.349 e. The minimum Gasteiger partial charge on any atom is -0.349 e. The van der Waals surface area contributed by atoms with Crippen molar-refractivity contribution in [3.8, 4) is 0 Å². The highest BCUT2D eigenvalue weighted by molar-refractivity contribution is 5.97. The monoisotopic (exact) mass is 258 g/mol. The van der Waals surface area contributed by atoms with Crippen LogP contribution in [0, 0.1) is 0 Å². The Hall–Kier alpha value is -2.37. The third kappa shape index (κ3) is 2.16. The van der Waals surface area contributed by atoms with Gasteiger partial charge in [0, 0.05) is 32.4 Å². The van der Waals surface area contributed by atoms with Gasteiger partial charge in [0.2, 0.25) is 6.41 Å². The maximum Gasteiger partial charge on any atom is 0.270 e. The summed E-state index contributed by atoms with van der Waals surface area (Å²) in [6, 6.07) is 5.49. The van der Waals surface area contributed by atoms with Gasteiger partial charge in [-0.05, 0) is 18.2 Å². The number of fused-ring (bicyclic) bond motifs is 1. The summed E-state index contributed by atoms with van der Waals surface area (Å²) in [6.45, 7) is 2.32. The average molecular weight is 258 g/mol. The standard InChI is InChI=1S/C13H14N4O2/c18-9-16-4-6-17(7-5-16)13(19)12-8-11-10(15-12)2-1-3-14-11/h1-3,8-9,15H,4-7H2. The number of rotatable bonds is 2. The van der Waals surface area contributed by atoms with Crippen molar-refractivity contribution in [1.29, 1.82) is 0 Å². The zero-order valence-electron chi connectivity index (χ0n) is 10.4. The fourth-order valence-electron chi connectivity index (χ4n) is 2.27. The Kier molecular flexibility index (Phi) is 2.91. The molecule has 0 radical (unpaired) electrons. The van der Waals surface area contributed by atoms with Gasteiger partial charge in [-0.15, -0.1) is 0 Å². The fourth-order valence-corrected chi connectivity index (χ4v) is 2.27. The van der Waals surface area contributed by atoms with Gasteiger partial charge >= 0.3 is 0 Å². The van der Waals surface area contributed by atoms with Crippen molar-refractivity contribution < 1.29 is 9.59 Å². The van der Waals surface area contributed by atoms with Crippen LogP contribution in [-0.4, -0.2) is 58.3 Å². The third-order valence-electron chi connectivity index (χ3n) is 3.37. The first-order valence-electron chi connectivity index (χ1n) is 6.20. The first-order chi connectivity index (χ1) is 9.28. The summed E-state index contributed by atoms with van der Waals surface area (Å²) < 4.78 is 0. The van der Waals surface area contributed by atoms with Gasteiger partial charge in [0.15, 0.2) is 0 Å². The Balaban J connectivity index is 1.78. The van der Waals surface area contributed by atoms with Crippen molar-refractivity contribution in [2.45, 2.75) is 0 Å². The molecule has 0 aliphatic carbocycles. The average Bonchev–Trinajstić information content (AvgIpc) is 2.90. The van der Waals surface area contributed by atoms with E-state index in [1.54, 1.807) is 22.1 Å². The molecule has 6 heteroatoms. The third-order valence-corrected chi connectivity index (χ3v) is 3.37. The maximum absolute atomic E-state index is 12.3. The first-order valence-corrected chi connectivity index (χ1v) is 6.20. The summed E-state index contributed by atoms with van der Waals surface area (Å²) in [7, 11) is 0. The van der Waals surface area contributed by atoms with E-state index in [0.29, 0.717) is 31.9 Å². The van der Waals surface area contributed by atoms with E-state index < -0.39 is 0 Å². The molecule has 0 aromatic carbocycles. The summed E-state index contributed by atoms with van der Waals surface area (Å²) in [4.78, 5) is 33.7. The minimum absolute atomic E-state index is 0.0384. The number of piperazine rings is 1. The van der Waals surface area contributed by atoms with Gasteiger partial charge in [0.1, 0.15) is 5.69 Å². The van der Waals surface area contributed by atoms with Crippen molar-refractivity contribution in [2.75, 3.05) is 26.2 Å². The highest BCUT2D eigenvalue weighted by Gasteiger charge is 2.22. The van der Waals surface area contributed by atoms with Crippen LogP contribution < -0.4 is 0 Å². The Morgan fingerprint density at radius 3 is 2.79 bits per heavy atom. The number of nitrogens with zero attached hydrogens (tertiary/aromatic N) is 3. The van der Waals surface area contributed by atoms with Crippen LogP contribution in [0.5, 0.6) is 0 Å². The molecule has 0 unspecified atom stereocenters. The number of carbonyl (C=O) groups is 2. The molecule has 3 rings (SSSR count). The predicted molar refractivity (Wildman–Crippen MR) is 69.6 cm³/mol. The number of aromatic amines is 1. The highest BCUT2D eigenvalue weighted by atomic mass is 16.2. The van der Waals surface area contributed by atoms with Crippen LogP contribution in [0.3, 0.4) is 0 Å². The zero-order chi connectivity index (χ0) is 13.2. The van der Waals surface area contributed by atoms with Crippen LogP contribution in [-0.2, 0) is 4.79 Å². The molecule has 0 atom stereocenters. The number of carbonyl (C=O) groups excluding carboxylic acids is 2. The van der Waals surface area contributed by atoms with Crippen molar-refractivity contribution >= 4 is 23.4 Å². The molecule has 0 bridgehead atoms. The Labute approximate surface area is 110 Å². The summed E-state index contributed by atoms with van der Waals surface area (Å²) >= 11 is 0. The van der Waals surface area contributed by atoms with Crippen LogP contribution in [0.4, 0.5) is 0 Å². The van der Waals surface area contributed by atoms with Crippen LogP contribution >= 0.6 is 0 Å². The number of aromatic nitrogens is 2. The summed E-state index contributed by atoms with van der Waals surface area (Å²) in [5.74, 6) is -0.0384. The first kappa shape index (κ1) is 11.7. The van der Waals surface area contributed by atoms with Crippen LogP contribution in [0.25, 0.3) is 11.0 Å². The van der Waals surface area contributed by atoms with Gasteiger partial charge in [0.05, 0.1) is 11.0 Å². The quantitative estimate of drug-likeness (QED) is 0.796. The van der Waals surface area contributed by atoms with Gasteiger partial charge in [-0.3, -0.25) is 14.6 Å². The zero-order valence-corrected chi connectivity index (χ0v) is 10.4. The molecule has 1 aliphatic rings. The van der Waals surface area contributed by atoms with Gasteiger partial charge < -0.3 is 14.8 Å². The Bertz CT molecular complexity index is 581. The minimum atomic E-state index is -0.0384. The molecule has 3 heterocycles. The van der Waals surface area contributed by atoms with Crippen molar-refractivity contribution in [3.05, 3.63) is 30.1 Å². The van der Waals surface area contributed by atoms with E-state index in [1.807, 2.05) is 12.1 Å². The molecular weight excluding hydrogens is 244 g/mol. The van der Waals surface area contributed by atoms with E-state index in [0.717, 1.165) is 17.4 Å². The molecule has 0 saturated carbocycles. The number of hydrogen-bond acceptors (Lipinski definition) is 3. The van der Waals surface area contributed by atoms with Gasteiger partial charge in [-0.25, -0.2) is 0 Å². The normalized spacial score (nSPS) is 15.8. The van der Waals surface area contributed by atoms with Gasteiger partial charge in [0.25, 0.3) is 5.91 Å². The molecule has 1 fully saturated rings. The number of pyridine rings is 1. The predicted octanol–water partition coefficient (Wildman–Crippen LogP) is 0.477. The fraction of sp³-hybridized carbons (Fsp3) is 0.308. The van der Waals surface area contributed by atoms with Crippen molar-refractivity contribution in [3.63, 3.8) is 0 Å². The number of H-pyrrole nitrogens is 1. The SMILES string of the molecule is O=CN1CCN(C(=O)c2cc3ncccc3[nH]2)CC1. The molecule has 1 N–H and O–H groups in total. The van der Waals surface area contributed by atoms with Crippen molar-refractivity contribution in [2.24, 2.45) is 0 Å². The van der Waals surface area contributed by atoms with E-state index >= 15 is 0 Å². The molecule has 6 nitrogen and oxygen atoms in total. The molecule has 0 spiro atoms. The van der Waals surface area contributed by atoms with Gasteiger partial charge in [-0.2, -0.15) is 0 Å². The molecular formula is C13H14N4O2.